The maximum atomic E-state index is 10.3. The van der Waals surface area contributed by atoms with E-state index >= 15 is 0 Å². The minimum atomic E-state index is -1.28. The summed E-state index contributed by atoms with van der Waals surface area (Å²) >= 11 is 1.52. The smallest absolute Gasteiger partial charge is 0.304 e. The van der Waals surface area contributed by atoms with Crippen LogP contribution in [-0.2, 0) is 14.3 Å². The molecule has 118 valence electrons. The van der Waals surface area contributed by atoms with Crippen molar-refractivity contribution < 1.29 is 34.7 Å². The van der Waals surface area contributed by atoms with Crippen molar-refractivity contribution in [2.45, 2.75) is 50.5 Å². The average molecular weight is 310 g/mol. The molecule has 1 fully saturated rings. The fraction of sp³-hybridized carbons (Fsp3) is 0.917. The summed E-state index contributed by atoms with van der Waals surface area (Å²) in [4.78, 5) is 10.3. The summed E-state index contributed by atoms with van der Waals surface area (Å²) in [5.74, 6) is 0.491. The Bertz CT molecular complexity index is 302. The molecule has 0 spiro atoms. The third-order valence-electron chi connectivity index (χ3n) is 2.98. The highest BCUT2D eigenvalue weighted by atomic mass is 32.2. The van der Waals surface area contributed by atoms with Gasteiger partial charge in [-0.25, -0.2) is 0 Å². The minimum absolute atomic E-state index is 0.136. The van der Waals surface area contributed by atoms with E-state index in [0.717, 1.165) is 5.75 Å². The SMILES string of the molecule is C[C@@H]1O[C@@H](OCCCSCCC(=O)O)[C@@H](O)[C@H](O)[C@@H]1O. The van der Waals surface area contributed by atoms with E-state index in [4.69, 9.17) is 14.6 Å². The van der Waals surface area contributed by atoms with Crippen molar-refractivity contribution in [3.05, 3.63) is 0 Å². The van der Waals surface area contributed by atoms with Crippen molar-refractivity contribution in [1.82, 2.24) is 0 Å². The Morgan fingerprint density at radius 3 is 2.55 bits per heavy atom. The Labute approximate surface area is 121 Å². The minimum Gasteiger partial charge on any atom is -0.481 e. The molecular formula is C12H22O7S. The number of aliphatic hydroxyl groups is 3. The number of thioether (sulfide) groups is 1. The second kappa shape index (κ2) is 8.81. The molecule has 7 nitrogen and oxygen atoms in total. The van der Waals surface area contributed by atoms with Crippen molar-refractivity contribution >= 4 is 17.7 Å². The van der Waals surface area contributed by atoms with E-state index < -0.39 is 36.7 Å². The summed E-state index contributed by atoms with van der Waals surface area (Å²) in [5.41, 5.74) is 0. The highest BCUT2D eigenvalue weighted by Crippen LogP contribution is 2.21. The predicted molar refractivity (Wildman–Crippen MR) is 72.5 cm³/mol. The molecule has 0 bridgehead atoms. The molecule has 0 aromatic carbocycles. The van der Waals surface area contributed by atoms with E-state index in [-0.39, 0.29) is 6.42 Å². The van der Waals surface area contributed by atoms with Gasteiger partial charge in [-0.2, -0.15) is 11.8 Å². The van der Waals surface area contributed by atoms with Crippen LogP contribution in [0.1, 0.15) is 19.8 Å². The Morgan fingerprint density at radius 2 is 1.90 bits per heavy atom. The molecular weight excluding hydrogens is 288 g/mol. The fourth-order valence-corrected chi connectivity index (χ4v) is 2.62. The van der Waals surface area contributed by atoms with Crippen LogP contribution in [0.3, 0.4) is 0 Å². The van der Waals surface area contributed by atoms with Crippen molar-refractivity contribution in [3.63, 3.8) is 0 Å². The third-order valence-corrected chi connectivity index (χ3v) is 4.05. The van der Waals surface area contributed by atoms with Gasteiger partial charge in [-0.15, -0.1) is 0 Å². The zero-order valence-corrected chi connectivity index (χ0v) is 12.2. The number of hydrogen-bond acceptors (Lipinski definition) is 7. The number of aliphatic carboxylic acids is 1. The summed E-state index contributed by atoms with van der Waals surface area (Å²) in [6.45, 7) is 1.93. The van der Waals surface area contributed by atoms with E-state index in [1.54, 1.807) is 6.92 Å². The van der Waals surface area contributed by atoms with Gasteiger partial charge >= 0.3 is 5.97 Å². The van der Waals surface area contributed by atoms with Gasteiger partial charge in [-0.1, -0.05) is 0 Å². The second-order valence-corrected chi connectivity index (χ2v) is 5.89. The summed E-state index contributed by atoms with van der Waals surface area (Å²) in [6, 6.07) is 0. The molecule has 5 atom stereocenters. The lowest BCUT2D eigenvalue weighted by atomic mass is 10.0. The molecule has 0 amide bonds. The van der Waals surface area contributed by atoms with E-state index in [0.29, 0.717) is 18.8 Å². The van der Waals surface area contributed by atoms with Crippen LogP contribution in [0.5, 0.6) is 0 Å². The molecule has 0 saturated carbocycles. The summed E-state index contributed by atoms with van der Waals surface area (Å²) < 4.78 is 10.6. The Kier molecular flexibility index (Phi) is 7.78. The molecule has 0 aromatic heterocycles. The quantitative estimate of drug-likeness (QED) is 0.440. The Morgan fingerprint density at radius 1 is 1.20 bits per heavy atom. The predicted octanol–water partition coefficient (Wildman–Crippen LogP) is -0.571. The van der Waals surface area contributed by atoms with Gasteiger partial charge in [0.1, 0.15) is 18.3 Å². The first-order chi connectivity index (χ1) is 9.43. The first kappa shape index (κ1) is 17.7. The summed E-state index contributed by atoms with van der Waals surface area (Å²) in [7, 11) is 0. The molecule has 4 N–H and O–H groups in total. The van der Waals surface area contributed by atoms with Gasteiger partial charge in [0, 0.05) is 5.75 Å². The van der Waals surface area contributed by atoms with Crippen molar-refractivity contribution in [2.24, 2.45) is 0 Å². The zero-order chi connectivity index (χ0) is 15.1. The molecule has 1 saturated heterocycles. The number of carboxylic acid groups (broad SMARTS) is 1. The molecule has 0 unspecified atom stereocenters. The number of hydrogen-bond donors (Lipinski definition) is 4. The molecule has 8 heteroatoms. The lowest BCUT2D eigenvalue weighted by molar-refractivity contribution is -0.292. The van der Waals surface area contributed by atoms with Crippen LogP contribution in [0, 0.1) is 0 Å². The Balaban J connectivity index is 2.14. The number of carbonyl (C=O) groups is 1. The van der Waals surface area contributed by atoms with Crippen LogP contribution >= 0.6 is 11.8 Å². The highest BCUT2D eigenvalue weighted by molar-refractivity contribution is 7.99. The van der Waals surface area contributed by atoms with Gasteiger partial charge in [-0.3, -0.25) is 4.79 Å². The zero-order valence-electron chi connectivity index (χ0n) is 11.3. The lowest BCUT2D eigenvalue weighted by Gasteiger charge is -2.38. The van der Waals surface area contributed by atoms with Gasteiger partial charge in [0.25, 0.3) is 0 Å². The normalized spacial score (nSPS) is 34.1. The fourth-order valence-electron chi connectivity index (χ4n) is 1.77. The van der Waals surface area contributed by atoms with Gasteiger partial charge < -0.3 is 29.9 Å². The van der Waals surface area contributed by atoms with Crippen molar-refractivity contribution in [1.29, 1.82) is 0 Å². The number of carboxylic acids is 1. The monoisotopic (exact) mass is 310 g/mol. The van der Waals surface area contributed by atoms with E-state index in [9.17, 15) is 20.1 Å². The van der Waals surface area contributed by atoms with Gasteiger partial charge in [0.05, 0.1) is 19.1 Å². The van der Waals surface area contributed by atoms with Crippen molar-refractivity contribution in [2.75, 3.05) is 18.1 Å². The van der Waals surface area contributed by atoms with Crippen LogP contribution in [0.25, 0.3) is 0 Å². The molecule has 0 aromatic rings. The highest BCUT2D eigenvalue weighted by Gasteiger charge is 2.42. The van der Waals surface area contributed by atoms with Gasteiger partial charge in [0.15, 0.2) is 6.29 Å². The molecule has 0 aliphatic carbocycles. The first-order valence-electron chi connectivity index (χ1n) is 6.54. The largest absolute Gasteiger partial charge is 0.481 e. The number of rotatable bonds is 8. The molecule has 20 heavy (non-hydrogen) atoms. The van der Waals surface area contributed by atoms with Crippen LogP contribution in [0.2, 0.25) is 0 Å². The van der Waals surface area contributed by atoms with Crippen LogP contribution in [-0.4, -0.2) is 75.2 Å². The van der Waals surface area contributed by atoms with E-state index in [1.165, 1.54) is 11.8 Å². The van der Waals surface area contributed by atoms with Gasteiger partial charge in [0.2, 0.25) is 0 Å². The Hall–Kier alpha value is -0.380. The maximum absolute atomic E-state index is 10.3. The van der Waals surface area contributed by atoms with E-state index in [2.05, 4.69) is 0 Å². The molecule has 1 heterocycles. The van der Waals surface area contributed by atoms with Crippen LogP contribution in [0.15, 0.2) is 0 Å². The number of aliphatic hydroxyl groups excluding tert-OH is 3. The molecule has 1 aliphatic rings. The summed E-state index contributed by atoms with van der Waals surface area (Å²) in [6.07, 6.45) is -4.43. The van der Waals surface area contributed by atoms with E-state index in [1.807, 2.05) is 0 Å². The van der Waals surface area contributed by atoms with Crippen LogP contribution < -0.4 is 0 Å². The molecule has 0 radical (unpaired) electrons. The second-order valence-electron chi connectivity index (χ2n) is 4.66. The number of ether oxygens (including phenoxy) is 2. The topological polar surface area (TPSA) is 116 Å². The first-order valence-corrected chi connectivity index (χ1v) is 7.69. The maximum Gasteiger partial charge on any atom is 0.304 e. The molecule has 1 rings (SSSR count). The molecule has 1 aliphatic heterocycles. The van der Waals surface area contributed by atoms with Crippen molar-refractivity contribution in [3.8, 4) is 0 Å². The van der Waals surface area contributed by atoms with Gasteiger partial charge in [-0.05, 0) is 19.1 Å². The lowest BCUT2D eigenvalue weighted by Crippen LogP contribution is -2.57. The third kappa shape index (κ3) is 5.55. The average Bonchev–Trinajstić information content (AvgIpc) is 2.40. The summed E-state index contributed by atoms with van der Waals surface area (Å²) in [5, 5.41) is 37.3. The van der Waals surface area contributed by atoms with Crippen LogP contribution in [0.4, 0.5) is 0 Å². The standard InChI is InChI=1S/C12H22O7S/c1-7-9(15)10(16)11(17)12(19-7)18-4-2-5-20-6-3-8(13)14/h7,9-12,15-17H,2-6H2,1H3,(H,13,14)/t7-,9+,10+,11-,12+/m0/s1.